The number of ether oxygens (including phenoxy) is 1. The first-order chi connectivity index (χ1) is 19.0. The van der Waals surface area contributed by atoms with Crippen molar-refractivity contribution in [3.05, 3.63) is 102 Å². The predicted octanol–water partition coefficient (Wildman–Crippen LogP) is 4.24. The highest BCUT2D eigenvalue weighted by Gasteiger charge is 2.46. The lowest BCUT2D eigenvalue weighted by Crippen LogP contribution is -2.36. The molecule has 5 rings (SSSR count). The van der Waals surface area contributed by atoms with E-state index in [1.807, 2.05) is 59.2 Å². The highest BCUT2D eigenvalue weighted by atomic mass is 16.5. The number of esters is 1. The molecule has 0 saturated carbocycles. The molecule has 0 radical (unpaired) electrons. The molecule has 9 heteroatoms. The van der Waals surface area contributed by atoms with E-state index in [0.717, 1.165) is 21.9 Å². The predicted molar refractivity (Wildman–Crippen MR) is 143 cm³/mol. The van der Waals surface area contributed by atoms with Crippen molar-refractivity contribution in [1.82, 2.24) is 19.4 Å². The Bertz CT molecular complexity index is 1570. The largest absolute Gasteiger partial charge is 0.466 e. The summed E-state index contributed by atoms with van der Waals surface area (Å²) in [5.74, 6) is -0.973. The lowest BCUT2D eigenvalue weighted by molar-refractivity contribution is -0.146. The number of imidazole rings is 1. The standard InChI is InChI=1S/C30H27N5O4/c1-2-39-28(36)14-27-29(37)35(19-25-16-32-20-33(25)17-22-12-10-21(15-31)11-13-22)30(38)34(27)18-24-8-5-7-23-6-3-4-9-26(23)24/h3-13,16,20,27H,2,14,17-19H2,1H3. The Balaban J connectivity index is 1.41. The van der Waals surface area contributed by atoms with Crippen molar-refractivity contribution < 1.29 is 19.1 Å². The average molecular weight is 522 g/mol. The number of nitriles is 1. The van der Waals surface area contributed by atoms with Gasteiger partial charge in [-0.3, -0.25) is 14.5 Å². The van der Waals surface area contributed by atoms with Gasteiger partial charge in [-0.25, -0.2) is 9.78 Å². The Labute approximate surface area is 225 Å². The number of hydrogen-bond acceptors (Lipinski definition) is 6. The van der Waals surface area contributed by atoms with Crippen LogP contribution in [0.4, 0.5) is 4.79 Å². The molecule has 0 aliphatic carbocycles. The number of imide groups is 1. The van der Waals surface area contributed by atoms with Gasteiger partial charge in [-0.05, 0) is 41.0 Å². The van der Waals surface area contributed by atoms with Crippen LogP contribution in [0.3, 0.4) is 0 Å². The van der Waals surface area contributed by atoms with Crippen LogP contribution in [0.15, 0.2) is 79.3 Å². The monoisotopic (exact) mass is 521 g/mol. The third kappa shape index (κ3) is 5.36. The molecule has 0 bridgehead atoms. The second kappa shape index (κ2) is 11.2. The van der Waals surface area contributed by atoms with Gasteiger partial charge in [0.25, 0.3) is 5.91 Å². The van der Waals surface area contributed by atoms with Crippen molar-refractivity contribution in [1.29, 1.82) is 5.26 Å². The van der Waals surface area contributed by atoms with Gasteiger partial charge in [-0.1, -0.05) is 54.6 Å². The molecule has 0 spiro atoms. The molecule has 1 saturated heterocycles. The van der Waals surface area contributed by atoms with Crippen LogP contribution >= 0.6 is 0 Å². The molecule has 39 heavy (non-hydrogen) atoms. The minimum absolute atomic E-state index is 0.0132. The number of aromatic nitrogens is 2. The van der Waals surface area contributed by atoms with Gasteiger partial charge in [0.15, 0.2) is 0 Å². The van der Waals surface area contributed by atoms with Gasteiger partial charge in [0.1, 0.15) is 6.04 Å². The number of rotatable bonds is 9. The lowest BCUT2D eigenvalue weighted by Gasteiger charge is -2.22. The van der Waals surface area contributed by atoms with Gasteiger partial charge in [0.2, 0.25) is 0 Å². The molecule has 3 aromatic carbocycles. The van der Waals surface area contributed by atoms with E-state index < -0.39 is 23.9 Å². The first-order valence-electron chi connectivity index (χ1n) is 12.7. The lowest BCUT2D eigenvalue weighted by atomic mass is 10.0. The summed E-state index contributed by atoms with van der Waals surface area (Å²) in [6.45, 7) is 2.55. The third-order valence-corrected chi connectivity index (χ3v) is 6.84. The number of carbonyl (C=O) groups is 3. The molecule has 1 aromatic heterocycles. The van der Waals surface area contributed by atoms with Crippen molar-refractivity contribution in [2.24, 2.45) is 0 Å². The molecule has 1 atom stereocenters. The zero-order chi connectivity index (χ0) is 27.4. The van der Waals surface area contributed by atoms with Gasteiger partial charge >= 0.3 is 12.0 Å². The van der Waals surface area contributed by atoms with Crippen LogP contribution in [0.25, 0.3) is 10.8 Å². The van der Waals surface area contributed by atoms with Gasteiger partial charge in [0.05, 0.1) is 43.2 Å². The minimum atomic E-state index is -0.967. The SMILES string of the molecule is CCOC(=O)CC1C(=O)N(Cc2cncn2Cc2ccc(C#N)cc2)C(=O)N1Cc1cccc2ccccc12. The maximum absolute atomic E-state index is 13.7. The van der Waals surface area contributed by atoms with Gasteiger partial charge in [-0.2, -0.15) is 5.26 Å². The van der Waals surface area contributed by atoms with Crippen molar-refractivity contribution in [3.8, 4) is 6.07 Å². The summed E-state index contributed by atoms with van der Waals surface area (Å²) in [6.07, 6.45) is 3.05. The topological polar surface area (TPSA) is 109 Å². The second-order valence-corrected chi connectivity index (χ2v) is 9.32. The molecule has 0 N–H and O–H groups in total. The van der Waals surface area contributed by atoms with Crippen molar-refractivity contribution in [2.75, 3.05) is 6.61 Å². The fourth-order valence-electron chi connectivity index (χ4n) is 4.87. The number of urea groups is 1. The summed E-state index contributed by atoms with van der Waals surface area (Å²) >= 11 is 0. The van der Waals surface area contributed by atoms with Gasteiger partial charge in [0, 0.05) is 19.3 Å². The van der Waals surface area contributed by atoms with E-state index in [1.165, 1.54) is 9.80 Å². The Kier molecular flexibility index (Phi) is 7.37. The molecular weight excluding hydrogens is 494 g/mol. The number of fused-ring (bicyclic) bond motifs is 1. The van der Waals surface area contributed by atoms with E-state index in [0.29, 0.717) is 17.8 Å². The number of nitrogens with zero attached hydrogens (tertiary/aromatic N) is 5. The first kappa shape index (κ1) is 25.7. The first-order valence-corrected chi connectivity index (χ1v) is 12.7. The van der Waals surface area contributed by atoms with Crippen LogP contribution in [0.1, 0.15) is 35.7 Å². The summed E-state index contributed by atoms with van der Waals surface area (Å²) < 4.78 is 6.97. The second-order valence-electron chi connectivity index (χ2n) is 9.32. The van der Waals surface area contributed by atoms with Crippen LogP contribution in [0.5, 0.6) is 0 Å². The zero-order valence-electron chi connectivity index (χ0n) is 21.5. The third-order valence-electron chi connectivity index (χ3n) is 6.84. The zero-order valence-corrected chi connectivity index (χ0v) is 21.5. The summed E-state index contributed by atoms with van der Waals surface area (Å²) in [7, 11) is 0. The van der Waals surface area contributed by atoms with E-state index >= 15 is 0 Å². The van der Waals surface area contributed by atoms with Crippen LogP contribution in [0.2, 0.25) is 0 Å². The Morgan fingerprint density at radius 1 is 1.00 bits per heavy atom. The van der Waals surface area contributed by atoms with Crippen LogP contribution < -0.4 is 0 Å². The van der Waals surface area contributed by atoms with E-state index in [-0.39, 0.29) is 26.1 Å². The average Bonchev–Trinajstić information content (AvgIpc) is 3.47. The van der Waals surface area contributed by atoms with Gasteiger partial charge < -0.3 is 14.2 Å². The summed E-state index contributed by atoms with van der Waals surface area (Å²) in [6, 6.07) is 21.6. The smallest absolute Gasteiger partial charge is 0.328 e. The van der Waals surface area contributed by atoms with Crippen LogP contribution in [-0.4, -0.2) is 49.9 Å². The van der Waals surface area contributed by atoms with Gasteiger partial charge in [-0.15, -0.1) is 0 Å². The normalized spacial score (nSPS) is 15.1. The fraction of sp³-hybridized carbons (Fsp3) is 0.233. The number of carbonyl (C=O) groups excluding carboxylic acids is 3. The number of benzene rings is 3. The van der Waals surface area contributed by atoms with E-state index in [2.05, 4.69) is 11.1 Å². The van der Waals surface area contributed by atoms with Crippen LogP contribution in [0, 0.1) is 11.3 Å². The van der Waals surface area contributed by atoms with E-state index in [9.17, 15) is 14.4 Å². The molecule has 1 fully saturated rings. The molecule has 9 nitrogen and oxygen atoms in total. The maximum atomic E-state index is 13.7. The number of hydrogen-bond donors (Lipinski definition) is 0. The summed E-state index contributed by atoms with van der Waals surface area (Å²) in [4.78, 5) is 46.6. The van der Waals surface area contributed by atoms with Crippen LogP contribution in [-0.2, 0) is 34.0 Å². The molecule has 1 aliphatic rings. The molecule has 1 aliphatic heterocycles. The van der Waals surface area contributed by atoms with Crippen molar-refractivity contribution in [3.63, 3.8) is 0 Å². The van der Waals surface area contributed by atoms with Crippen molar-refractivity contribution in [2.45, 2.75) is 39.0 Å². The molecule has 4 aromatic rings. The maximum Gasteiger partial charge on any atom is 0.328 e. The molecule has 2 heterocycles. The Morgan fingerprint density at radius 2 is 1.77 bits per heavy atom. The summed E-state index contributed by atoms with van der Waals surface area (Å²) in [5.41, 5.74) is 3.07. The van der Waals surface area contributed by atoms with Crippen molar-refractivity contribution >= 4 is 28.7 Å². The summed E-state index contributed by atoms with van der Waals surface area (Å²) in [5, 5.41) is 11.1. The van der Waals surface area contributed by atoms with E-state index in [1.54, 1.807) is 31.6 Å². The fourth-order valence-corrected chi connectivity index (χ4v) is 4.87. The molecule has 3 amide bonds. The quantitative estimate of drug-likeness (QED) is 0.241. The molecular formula is C30H27N5O4. The Morgan fingerprint density at radius 3 is 2.54 bits per heavy atom. The number of amides is 3. The Hall–Kier alpha value is -4.97. The minimum Gasteiger partial charge on any atom is -0.466 e. The molecule has 1 unspecified atom stereocenters. The highest BCUT2D eigenvalue weighted by Crippen LogP contribution is 2.28. The highest BCUT2D eigenvalue weighted by molar-refractivity contribution is 6.05. The van der Waals surface area contributed by atoms with E-state index in [4.69, 9.17) is 10.00 Å². The molecule has 196 valence electrons.